The highest BCUT2D eigenvalue weighted by Gasteiger charge is 2.32. The van der Waals surface area contributed by atoms with Crippen LogP contribution >= 0.6 is 0 Å². The van der Waals surface area contributed by atoms with Crippen LogP contribution < -0.4 is 10.6 Å². The molecule has 0 saturated carbocycles. The molecule has 20 heavy (non-hydrogen) atoms. The van der Waals surface area contributed by atoms with Gasteiger partial charge in [-0.1, -0.05) is 0 Å². The van der Waals surface area contributed by atoms with Gasteiger partial charge in [-0.25, -0.2) is 0 Å². The summed E-state index contributed by atoms with van der Waals surface area (Å²) < 4.78 is 10.9. The Morgan fingerprint density at radius 3 is 2.90 bits per heavy atom. The van der Waals surface area contributed by atoms with Crippen molar-refractivity contribution >= 4 is 5.91 Å². The monoisotopic (exact) mass is 284 g/mol. The van der Waals surface area contributed by atoms with Crippen molar-refractivity contribution in [2.75, 3.05) is 40.0 Å². The van der Waals surface area contributed by atoms with E-state index in [1.807, 2.05) is 0 Å². The van der Waals surface area contributed by atoms with Crippen molar-refractivity contribution in [1.29, 1.82) is 0 Å². The van der Waals surface area contributed by atoms with Crippen LogP contribution in [-0.2, 0) is 14.3 Å². The highest BCUT2D eigenvalue weighted by molar-refractivity contribution is 5.75. The molecule has 2 heterocycles. The minimum atomic E-state index is 0.111. The summed E-state index contributed by atoms with van der Waals surface area (Å²) in [6.45, 7) is 4.33. The van der Waals surface area contributed by atoms with Crippen LogP contribution in [0.4, 0.5) is 0 Å². The van der Waals surface area contributed by atoms with Gasteiger partial charge >= 0.3 is 0 Å². The molecule has 0 spiro atoms. The van der Waals surface area contributed by atoms with Crippen LogP contribution in [0.1, 0.15) is 38.5 Å². The Hall–Kier alpha value is -0.650. The van der Waals surface area contributed by atoms with Crippen molar-refractivity contribution in [3.63, 3.8) is 0 Å². The molecule has 0 aromatic heterocycles. The van der Waals surface area contributed by atoms with Crippen LogP contribution in [0.15, 0.2) is 0 Å². The summed E-state index contributed by atoms with van der Waals surface area (Å²) in [5.74, 6) is 0.148. The second-order valence-electron chi connectivity index (χ2n) is 6.13. The lowest BCUT2D eigenvalue weighted by Crippen LogP contribution is -2.47. The van der Waals surface area contributed by atoms with E-state index in [0.29, 0.717) is 12.5 Å². The van der Waals surface area contributed by atoms with Gasteiger partial charge in [0.25, 0.3) is 0 Å². The molecule has 1 atom stereocenters. The third-order valence-electron chi connectivity index (χ3n) is 4.49. The Morgan fingerprint density at radius 2 is 2.25 bits per heavy atom. The maximum atomic E-state index is 12.0. The van der Waals surface area contributed by atoms with Crippen LogP contribution in [0.3, 0.4) is 0 Å². The van der Waals surface area contributed by atoms with Gasteiger partial charge in [-0.2, -0.15) is 0 Å². The molecule has 2 aliphatic rings. The van der Waals surface area contributed by atoms with Crippen LogP contribution in [0.2, 0.25) is 0 Å². The van der Waals surface area contributed by atoms with E-state index in [9.17, 15) is 4.79 Å². The van der Waals surface area contributed by atoms with Crippen molar-refractivity contribution in [2.24, 2.45) is 5.41 Å². The average Bonchev–Trinajstić information content (AvgIpc) is 2.98. The average molecular weight is 284 g/mol. The Bertz CT molecular complexity index is 292. The van der Waals surface area contributed by atoms with E-state index in [1.54, 1.807) is 7.11 Å². The second kappa shape index (κ2) is 7.96. The van der Waals surface area contributed by atoms with E-state index in [0.717, 1.165) is 65.0 Å². The summed E-state index contributed by atoms with van der Waals surface area (Å²) in [5.41, 5.74) is 0.111. The standard InChI is InChI=1S/C15H28N2O3/c1-19-12-15(6-8-16-9-7-15)11-17-14(18)5-4-13-3-2-10-20-13/h13,16H,2-12H2,1H3,(H,17,18). The molecule has 2 N–H and O–H groups in total. The molecule has 0 radical (unpaired) electrons. The van der Waals surface area contributed by atoms with Crippen molar-refractivity contribution < 1.29 is 14.3 Å². The van der Waals surface area contributed by atoms with Crippen molar-refractivity contribution in [3.8, 4) is 0 Å². The fraction of sp³-hybridized carbons (Fsp3) is 0.933. The zero-order chi connectivity index (χ0) is 14.3. The fourth-order valence-electron chi connectivity index (χ4n) is 3.17. The Kier molecular flexibility index (Phi) is 6.26. The molecule has 2 fully saturated rings. The van der Waals surface area contributed by atoms with Gasteiger partial charge in [0, 0.05) is 32.1 Å². The molecule has 2 aliphatic heterocycles. The van der Waals surface area contributed by atoms with Gasteiger partial charge in [0.2, 0.25) is 5.91 Å². The lowest BCUT2D eigenvalue weighted by molar-refractivity contribution is -0.122. The van der Waals surface area contributed by atoms with E-state index < -0.39 is 0 Å². The molecule has 1 amide bonds. The van der Waals surface area contributed by atoms with E-state index >= 15 is 0 Å². The van der Waals surface area contributed by atoms with Crippen LogP contribution in [0, 0.1) is 5.41 Å². The first-order valence-electron chi connectivity index (χ1n) is 7.82. The number of nitrogens with one attached hydrogen (secondary N) is 2. The molecule has 2 saturated heterocycles. The molecule has 0 aromatic rings. The topological polar surface area (TPSA) is 59.6 Å². The Morgan fingerprint density at radius 1 is 1.45 bits per heavy atom. The third-order valence-corrected chi connectivity index (χ3v) is 4.49. The highest BCUT2D eigenvalue weighted by atomic mass is 16.5. The van der Waals surface area contributed by atoms with Crippen LogP contribution in [-0.4, -0.2) is 52.0 Å². The largest absolute Gasteiger partial charge is 0.384 e. The molecule has 5 heteroatoms. The van der Waals surface area contributed by atoms with Gasteiger partial charge in [-0.15, -0.1) is 0 Å². The Balaban J connectivity index is 1.69. The first-order valence-corrected chi connectivity index (χ1v) is 7.82. The zero-order valence-corrected chi connectivity index (χ0v) is 12.6. The number of hydrogen-bond acceptors (Lipinski definition) is 4. The van der Waals surface area contributed by atoms with E-state index in [-0.39, 0.29) is 11.3 Å². The molecule has 0 bridgehead atoms. The molecule has 1 unspecified atom stereocenters. The van der Waals surface area contributed by atoms with Crippen LogP contribution in [0.5, 0.6) is 0 Å². The lowest BCUT2D eigenvalue weighted by Gasteiger charge is -2.37. The summed E-state index contributed by atoms with van der Waals surface area (Å²) in [5, 5.41) is 6.46. The van der Waals surface area contributed by atoms with Crippen molar-refractivity contribution in [3.05, 3.63) is 0 Å². The first-order chi connectivity index (χ1) is 9.74. The van der Waals surface area contributed by atoms with Gasteiger partial charge < -0.3 is 20.1 Å². The SMILES string of the molecule is COCC1(CNC(=O)CCC2CCCO2)CCNCC1. The number of carbonyl (C=O) groups is 1. The lowest BCUT2D eigenvalue weighted by atomic mass is 9.79. The maximum absolute atomic E-state index is 12.0. The van der Waals surface area contributed by atoms with Gasteiger partial charge in [0.15, 0.2) is 0 Å². The molecule has 0 aromatic carbocycles. The molecule has 116 valence electrons. The predicted octanol–water partition coefficient (Wildman–Crippen LogP) is 1.08. The Labute approximate surface area is 121 Å². The van der Waals surface area contributed by atoms with E-state index in [1.165, 1.54) is 0 Å². The first kappa shape index (κ1) is 15.7. The summed E-state index contributed by atoms with van der Waals surface area (Å²) in [4.78, 5) is 12.0. The number of amides is 1. The number of carbonyl (C=O) groups excluding carboxylic acids is 1. The normalized spacial score (nSPS) is 25.6. The highest BCUT2D eigenvalue weighted by Crippen LogP contribution is 2.28. The zero-order valence-electron chi connectivity index (χ0n) is 12.6. The summed E-state index contributed by atoms with van der Waals surface area (Å²) >= 11 is 0. The number of piperidine rings is 1. The van der Waals surface area contributed by atoms with Crippen LogP contribution in [0.25, 0.3) is 0 Å². The summed E-state index contributed by atoms with van der Waals surface area (Å²) in [7, 11) is 1.74. The fourth-order valence-corrected chi connectivity index (χ4v) is 3.17. The molecular weight excluding hydrogens is 256 g/mol. The van der Waals surface area contributed by atoms with Gasteiger partial charge in [0.1, 0.15) is 0 Å². The maximum Gasteiger partial charge on any atom is 0.220 e. The molecule has 2 rings (SSSR count). The minimum absolute atomic E-state index is 0.111. The van der Waals surface area contributed by atoms with Crippen molar-refractivity contribution in [2.45, 2.75) is 44.6 Å². The second-order valence-corrected chi connectivity index (χ2v) is 6.13. The third kappa shape index (κ3) is 4.72. The van der Waals surface area contributed by atoms with Gasteiger partial charge in [0.05, 0.1) is 12.7 Å². The van der Waals surface area contributed by atoms with E-state index in [2.05, 4.69) is 10.6 Å². The number of hydrogen-bond donors (Lipinski definition) is 2. The predicted molar refractivity (Wildman–Crippen MR) is 77.6 cm³/mol. The quantitative estimate of drug-likeness (QED) is 0.734. The van der Waals surface area contributed by atoms with Gasteiger partial charge in [-0.05, 0) is 45.2 Å². The number of methoxy groups -OCH3 is 1. The number of rotatable bonds is 7. The van der Waals surface area contributed by atoms with Crippen molar-refractivity contribution in [1.82, 2.24) is 10.6 Å². The minimum Gasteiger partial charge on any atom is -0.384 e. The molecule has 0 aliphatic carbocycles. The van der Waals surface area contributed by atoms with Gasteiger partial charge in [-0.3, -0.25) is 4.79 Å². The summed E-state index contributed by atoms with van der Waals surface area (Å²) in [6.07, 6.45) is 6.09. The van der Waals surface area contributed by atoms with E-state index in [4.69, 9.17) is 9.47 Å². The molecule has 5 nitrogen and oxygen atoms in total. The molecular formula is C15H28N2O3. The summed E-state index contributed by atoms with van der Waals surface area (Å²) in [6, 6.07) is 0. The smallest absolute Gasteiger partial charge is 0.220 e. The number of ether oxygens (including phenoxy) is 2.